The number of amides is 1. The van der Waals surface area contributed by atoms with Gasteiger partial charge in [-0.25, -0.2) is 0 Å². The third kappa shape index (κ3) is 4.35. The van der Waals surface area contributed by atoms with E-state index in [0.717, 1.165) is 11.1 Å². The number of carbonyl (C=O) groups is 1. The lowest BCUT2D eigenvalue weighted by molar-refractivity contribution is -0.127. The summed E-state index contributed by atoms with van der Waals surface area (Å²) in [6, 6.07) is 15.8. The molecule has 0 saturated carbocycles. The molecule has 116 valence electrons. The van der Waals surface area contributed by atoms with Crippen molar-refractivity contribution in [1.82, 2.24) is 5.32 Å². The van der Waals surface area contributed by atoms with E-state index in [9.17, 15) is 4.79 Å². The van der Waals surface area contributed by atoms with E-state index in [1.54, 1.807) is 6.92 Å². The molecule has 0 aliphatic rings. The highest BCUT2D eigenvalue weighted by Crippen LogP contribution is 2.16. The highest BCUT2D eigenvalue weighted by Gasteiger charge is 2.17. The SMILES string of the molecule is Cc1ccc(C(C)NC(=O)C(C)Oc2cccc(C)c2)cc1. The van der Waals surface area contributed by atoms with Crippen molar-refractivity contribution < 1.29 is 9.53 Å². The molecule has 2 unspecified atom stereocenters. The van der Waals surface area contributed by atoms with Crippen molar-refractivity contribution in [3.8, 4) is 5.75 Å². The Morgan fingerprint density at radius 3 is 2.32 bits per heavy atom. The fourth-order valence-corrected chi connectivity index (χ4v) is 2.22. The van der Waals surface area contributed by atoms with Gasteiger partial charge in [-0.3, -0.25) is 4.79 Å². The lowest BCUT2D eigenvalue weighted by Gasteiger charge is -2.19. The highest BCUT2D eigenvalue weighted by molar-refractivity contribution is 5.81. The van der Waals surface area contributed by atoms with Gasteiger partial charge in [-0.1, -0.05) is 42.0 Å². The molecule has 2 rings (SSSR count). The van der Waals surface area contributed by atoms with E-state index < -0.39 is 6.10 Å². The summed E-state index contributed by atoms with van der Waals surface area (Å²) in [5, 5.41) is 2.99. The van der Waals surface area contributed by atoms with Gasteiger partial charge in [-0.05, 0) is 51.0 Å². The molecular weight excluding hydrogens is 274 g/mol. The summed E-state index contributed by atoms with van der Waals surface area (Å²) in [6.45, 7) is 7.78. The van der Waals surface area contributed by atoms with Crippen LogP contribution in [0.1, 0.15) is 36.6 Å². The number of ether oxygens (including phenoxy) is 1. The van der Waals surface area contributed by atoms with Gasteiger partial charge in [0.25, 0.3) is 5.91 Å². The van der Waals surface area contributed by atoms with E-state index in [0.29, 0.717) is 5.75 Å². The molecule has 0 heterocycles. The number of hydrogen-bond acceptors (Lipinski definition) is 2. The lowest BCUT2D eigenvalue weighted by atomic mass is 10.1. The molecule has 1 N–H and O–H groups in total. The lowest BCUT2D eigenvalue weighted by Crippen LogP contribution is -2.37. The minimum Gasteiger partial charge on any atom is -0.481 e. The molecule has 1 amide bonds. The van der Waals surface area contributed by atoms with Crippen molar-refractivity contribution in [3.05, 3.63) is 65.2 Å². The van der Waals surface area contributed by atoms with Crippen molar-refractivity contribution in [3.63, 3.8) is 0 Å². The van der Waals surface area contributed by atoms with Crippen LogP contribution in [-0.2, 0) is 4.79 Å². The second kappa shape index (κ2) is 7.12. The molecule has 2 aromatic rings. The molecule has 2 aromatic carbocycles. The average molecular weight is 297 g/mol. The van der Waals surface area contributed by atoms with Gasteiger partial charge in [0, 0.05) is 0 Å². The summed E-state index contributed by atoms with van der Waals surface area (Å²) < 4.78 is 5.70. The van der Waals surface area contributed by atoms with Gasteiger partial charge in [-0.2, -0.15) is 0 Å². The standard InChI is InChI=1S/C19H23NO2/c1-13-8-10-17(11-9-13)15(3)20-19(21)16(4)22-18-7-5-6-14(2)12-18/h5-12,15-16H,1-4H3,(H,20,21). The molecule has 2 atom stereocenters. The van der Waals surface area contributed by atoms with Gasteiger partial charge >= 0.3 is 0 Å². The number of carbonyl (C=O) groups excluding carboxylic acids is 1. The number of nitrogens with one attached hydrogen (secondary N) is 1. The maximum Gasteiger partial charge on any atom is 0.261 e. The van der Waals surface area contributed by atoms with Crippen molar-refractivity contribution in [1.29, 1.82) is 0 Å². The summed E-state index contributed by atoms with van der Waals surface area (Å²) in [7, 11) is 0. The Bertz CT molecular complexity index is 634. The third-order valence-corrected chi connectivity index (χ3v) is 3.61. The average Bonchev–Trinajstić information content (AvgIpc) is 2.47. The number of benzene rings is 2. The Hall–Kier alpha value is -2.29. The van der Waals surface area contributed by atoms with Gasteiger partial charge in [-0.15, -0.1) is 0 Å². The van der Waals surface area contributed by atoms with Gasteiger partial charge in [0.05, 0.1) is 6.04 Å². The Morgan fingerprint density at radius 1 is 1.00 bits per heavy atom. The molecule has 0 saturated heterocycles. The first-order valence-electron chi connectivity index (χ1n) is 7.56. The van der Waals surface area contributed by atoms with Crippen LogP contribution in [0.15, 0.2) is 48.5 Å². The van der Waals surface area contributed by atoms with Crippen molar-refractivity contribution in [2.75, 3.05) is 0 Å². The highest BCUT2D eigenvalue weighted by atomic mass is 16.5. The molecule has 0 radical (unpaired) electrons. The first kappa shape index (κ1) is 16.1. The Balaban J connectivity index is 1.94. The van der Waals surface area contributed by atoms with Crippen molar-refractivity contribution in [2.45, 2.75) is 39.8 Å². The van der Waals surface area contributed by atoms with E-state index in [2.05, 4.69) is 5.32 Å². The predicted octanol–water partition coefficient (Wildman–Crippen LogP) is 3.95. The van der Waals surface area contributed by atoms with Crippen LogP contribution in [0.5, 0.6) is 5.75 Å². The maximum atomic E-state index is 12.2. The summed E-state index contributed by atoms with van der Waals surface area (Å²) >= 11 is 0. The van der Waals surface area contributed by atoms with Crippen LogP contribution < -0.4 is 10.1 Å². The quantitative estimate of drug-likeness (QED) is 0.907. The minimum absolute atomic E-state index is 0.0448. The van der Waals surface area contributed by atoms with Gasteiger partial charge in [0.15, 0.2) is 6.10 Å². The van der Waals surface area contributed by atoms with E-state index in [1.165, 1.54) is 5.56 Å². The molecule has 0 aliphatic carbocycles. The first-order valence-corrected chi connectivity index (χ1v) is 7.56. The molecule has 3 nitrogen and oxygen atoms in total. The zero-order valence-corrected chi connectivity index (χ0v) is 13.6. The van der Waals surface area contributed by atoms with E-state index in [-0.39, 0.29) is 11.9 Å². The zero-order valence-electron chi connectivity index (χ0n) is 13.6. The second-order valence-electron chi connectivity index (χ2n) is 5.72. The largest absolute Gasteiger partial charge is 0.481 e. The monoisotopic (exact) mass is 297 g/mol. The minimum atomic E-state index is -0.533. The molecule has 22 heavy (non-hydrogen) atoms. The molecule has 0 fully saturated rings. The number of rotatable bonds is 5. The first-order chi connectivity index (χ1) is 10.5. The van der Waals surface area contributed by atoms with Gasteiger partial charge in [0.1, 0.15) is 5.75 Å². The molecular formula is C19H23NO2. The molecule has 0 aliphatic heterocycles. The van der Waals surface area contributed by atoms with Crippen LogP contribution in [0.3, 0.4) is 0 Å². The summed E-state index contributed by atoms with van der Waals surface area (Å²) in [4.78, 5) is 12.2. The van der Waals surface area contributed by atoms with Crippen LogP contribution >= 0.6 is 0 Å². The second-order valence-corrected chi connectivity index (χ2v) is 5.72. The topological polar surface area (TPSA) is 38.3 Å². The van der Waals surface area contributed by atoms with Gasteiger partial charge in [0.2, 0.25) is 0 Å². The van der Waals surface area contributed by atoms with E-state index in [1.807, 2.05) is 69.3 Å². The molecule has 0 bridgehead atoms. The number of aryl methyl sites for hydroxylation is 2. The number of hydrogen-bond donors (Lipinski definition) is 1. The third-order valence-electron chi connectivity index (χ3n) is 3.61. The van der Waals surface area contributed by atoms with Crippen LogP contribution in [0.25, 0.3) is 0 Å². The fourth-order valence-electron chi connectivity index (χ4n) is 2.22. The summed E-state index contributed by atoms with van der Waals surface area (Å²) in [5.74, 6) is 0.597. The van der Waals surface area contributed by atoms with Crippen molar-refractivity contribution in [2.24, 2.45) is 0 Å². The Labute approximate surface area is 132 Å². The van der Waals surface area contributed by atoms with Crippen LogP contribution in [0.4, 0.5) is 0 Å². The smallest absolute Gasteiger partial charge is 0.261 e. The normalized spacial score (nSPS) is 13.3. The van der Waals surface area contributed by atoms with Crippen LogP contribution in [-0.4, -0.2) is 12.0 Å². The summed E-state index contributed by atoms with van der Waals surface area (Å²) in [6.07, 6.45) is -0.533. The van der Waals surface area contributed by atoms with Crippen LogP contribution in [0, 0.1) is 13.8 Å². The van der Waals surface area contributed by atoms with Crippen molar-refractivity contribution >= 4 is 5.91 Å². The van der Waals surface area contributed by atoms with E-state index in [4.69, 9.17) is 4.74 Å². The Kier molecular flexibility index (Phi) is 5.21. The molecule has 0 aromatic heterocycles. The zero-order chi connectivity index (χ0) is 16.1. The molecule has 0 spiro atoms. The predicted molar refractivity (Wildman–Crippen MR) is 89.0 cm³/mol. The fraction of sp³-hybridized carbons (Fsp3) is 0.316. The summed E-state index contributed by atoms with van der Waals surface area (Å²) in [5.41, 5.74) is 3.40. The van der Waals surface area contributed by atoms with Crippen LogP contribution in [0.2, 0.25) is 0 Å². The van der Waals surface area contributed by atoms with E-state index >= 15 is 0 Å². The van der Waals surface area contributed by atoms with Gasteiger partial charge < -0.3 is 10.1 Å². The Morgan fingerprint density at radius 2 is 1.68 bits per heavy atom. The molecule has 3 heteroatoms. The maximum absolute atomic E-state index is 12.2.